The third-order valence-corrected chi connectivity index (χ3v) is 2.92. The molecular weight excluding hydrogens is 262 g/mol. The standard InChI is InChI=1S/C14H15NO5/c1-8-2-3-11-9(6-8)7-12(20-11)13(17)15-10(4-5-16)14(18)19/h2-3,6-7,10,16H,4-5H2,1H3,(H,15,17)(H,18,19). The quantitative estimate of drug-likeness (QED) is 0.765. The maximum absolute atomic E-state index is 11.9. The van der Waals surface area contributed by atoms with Crippen molar-refractivity contribution in [2.24, 2.45) is 0 Å². The van der Waals surface area contributed by atoms with Crippen molar-refractivity contribution in [3.63, 3.8) is 0 Å². The van der Waals surface area contributed by atoms with E-state index in [0.717, 1.165) is 10.9 Å². The maximum atomic E-state index is 11.9. The Morgan fingerprint density at radius 1 is 1.35 bits per heavy atom. The van der Waals surface area contributed by atoms with Gasteiger partial charge in [0.2, 0.25) is 0 Å². The number of nitrogens with one attached hydrogen (secondary N) is 1. The highest BCUT2D eigenvalue weighted by atomic mass is 16.4. The number of aliphatic carboxylic acids is 1. The molecule has 0 aliphatic carbocycles. The summed E-state index contributed by atoms with van der Waals surface area (Å²) in [6.07, 6.45) is -0.0551. The average Bonchev–Trinajstić information content (AvgIpc) is 2.80. The van der Waals surface area contributed by atoms with Crippen molar-refractivity contribution in [1.82, 2.24) is 5.32 Å². The van der Waals surface area contributed by atoms with E-state index in [1.54, 1.807) is 12.1 Å². The van der Waals surface area contributed by atoms with Crippen LogP contribution < -0.4 is 5.32 Å². The monoisotopic (exact) mass is 277 g/mol. The lowest BCUT2D eigenvalue weighted by atomic mass is 10.2. The summed E-state index contributed by atoms with van der Waals surface area (Å²) in [6.45, 7) is 1.60. The van der Waals surface area contributed by atoms with Gasteiger partial charge in [-0.05, 0) is 25.1 Å². The van der Waals surface area contributed by atoms with Crippen LogP contribution in [0.2, 0.25) is 0 Å². The number of carboxylic acid groups (broad SMARTS) is 1. The topological polar surface area (TPSA) is 99.8 Å². The SMILES string of the molecule is Cc1ccc2oc(C(=O)NC(CCO)C(=O)O)cc2c1. The summed E-state index contributed by atoms with van der Waals surface area (Å²) < 4.78 is 5.38. The molecular formula is C14H15NO5. The summed E-state index contributed by atoms with van der Waals surface area (Å²) in [7, 11) is 0. The van der Waals surface area contributed by atoms with Crippen LogP contribution in [0.25, 0.3) is 11.0 Å². The van der Waals surface area contributed by atoms with Gasteiger partial charge in [-0.25, -0.2) is 4.79 Å². The highest BCUT2D eigenvalue weighted by Gasteiger charge is 2.22. The number of aryl methyl sites for hydroxylation is 1. The van der Waals surface area contributed by atoms with Crippen LogP contribution in [0.3, 0.4) is 0 Å². The molecule has 106 valence electrons. The van der Waals surface area contributed by atoms with Crippen LogP contribution >= 0.6 is 0 Å². The number of hydrogen-bond donors (Lipinski definition) is 3. The van der Waals surface area contributed by atoms with Gasteiger partial charge in [-0.15, -0.1) is 0 Å². The van der Waals surface area contributed by atoms with Gasteiger partial charge in [0.15, 0.2) is 5.76 Å². The molecule has 0 fully saturated rings. The van der Waals surface area contributed by atoms with Crippen molar-refractivity contribution in [2.75, 3.05) is 6.61 Å². The Morgan fingerprint density at radius 3 is 2.75 bits per heavy atom. The Labute approximate surface area is 115 Å². The van der Waals surface area contributed by atoms with E-state index < -0.39 is 17.9 Å². The molecule has 0 spiro atoms. The molecule has 1 amide bonds. The molecule has 6 nitrogen and oxygen atoms in total. The molecule has 3 N–H and O–H groups in total. The van der Waals surface area contributed by atoms with Crippen LogP contribution in [0.4, 0.5) is 0 Å². The van der Waals surface area contributed by atoms with Crippen molar-refractivity contribution >= 4 is 22.8 Å². The van der Waals surface area contributed by atoms with Crippen LogP contribution in [0.15, 0.2) is 28.7 Å². The van der Waals surface area contributed by atoms with Crippen molar-refractivity contribution in [3.05, 3.63) is 35.6 Å². The molecule has 0 saturated carbocycles. The van der Waals surface area contributed by atoms with Gasteiger partial charge in [-0.1, -0.05) is 11.6 Å². The lowest BCUT2D eigenvalue weighted by Gasteiger charge is -2.11. The Balaban J connectivity index is 2.20. The highest BCUT2D eigenvalue weighted by Crippen LogP contribution is 2.20. The Bertz CT molecular complexity index is 646. The molecule has 20 heavy (non-hydrogen) atoms. The number of fused-ring (bicyclic) bond motifs is 1. The number of hydrogen-bond acceptors (Lipinski definition) is 4. The molecule has 2 rings (SSSR count). The van der Waals surface area contributed by atoms with Gasteiger partial charge in [0.1, 0.15) is 11.6 Å². The van der Waals surface area contributed by atoms with E-state index >= 15 is 0 Å². The van der Waals surface area contributed by atoms with E-state index in [1.165, 1.54) is 0 Å². The first-order valence-electron chi connectivity index (χ1n) is 6.16. The van der Waals surface area contributed by atoms with Crippen LogP contribution in [0.5, 0.6) is 0 Å². The predicted octanol–water partition coefficient (Wildman–Crippen LogP) is 1.31. The minimum atomic E-state index is -1.20. The van der Waals surface area contributed by atoms with Crippen molar-refractivity contribution in [1.29, 1.82) is 0 Å². The minimum absolute atomic E-state index is 0.0507. The molecule has 2 aromatic rings. The summed E-state index contributed by atoms with van der Waals surface area (Å²) in [5.74, 6) is -1.76. The summed E-state index contributed by atoms with van der Waals surface area (Å²) in [4.78, 5) is 22.9. The Hall–Kier alpha value is -2.34. The van der Waals surface area contributed by atoms with Crippen LogP contribution in [-0.4, -0.2) is 34.7 Å². The minimum Gasteiger partial charge on any atom is -0.480 e. The molecule has 6 heteroatoms. The summed E-state index contributed by atoms with van der Waals surface area (Å²) in [5.41, 5.74) is 1.60. The van der Waals surface area contributed by atoms with Crippen LogP contribution in [0.1, 0.15) is 22.5 Å². The van der Waals surface area contributed by atoms with Crippen LogP contribution in [-0.2, 0) is 4.79 Å². The molecule has 1 heterocycles. The van der Waals surface area contributed by atoms with Gasteiger partial charge < -0.3 is 19.9 Å². The third-order valence-electron chi connectivity index (χ3n) is 2.92. The second-order valence-corrected chi connectivity index (χ2v) is 4.53. The predicted molar refractivity (Wildman–Crippen MR) is 71.5 cm³/mol. The van der Waals surface area contributed by atoms with Gasteiger partial charge in [0, 0.05) is 18.4 Å². The summed E-state index contributed by atoms with van der Waals surface area (Å²) in [5, 5.41) is 20.8. The number of carboxylic acids is 1. The van der Waals surface area contributed by atoms with Crippen molar-refractivity contribution in [3.8, 4) is 0 Å². The molecule has 1 atom stereocenters. The fourth-order valence-electron chi connectivity index (χ4n) is 1.89. The third kappa shape index (κ3) is 2.97. The van der Waals surface area contributed by atoms with Gasteiger partial charge in [0.05, 0.1) is 0 Å². The second kappa shape index (κ2) is 5.75. The van der Waals surface area contributed by atoms with Crippen LogP contribution in [0, 0.1) is 6.92 Å². The lowest BCUT2D eigenvalue weighted by molar-refractivity contribution is -0.139. The number of benzene rings is 1. The van der Waals surface area contributed by atoms with E-state index in [0.29, 0.717) is 5.58 Å². The number of rotatable bonds is 5. The molecule has 0 saturated heterocycles. The average molecular weight is 277 g/mol. The number of carbonyl (C=O) groups excluding carboxylic acids is 1. The number of aliphatic hydroxyl groups excluding tert-OH is 1. The van der Waals surface area contributed by atoms with E-state index in [-0.39, 0.29) is 18.8 Å². The smallest absolute Gasteiger partial charge is 0.326 e. The number of aliphatic hydroxyl groups is 1. The molecule has 1 unspecified atom stereocenters. The van der Waals surface area contributed by atoms with E-state index in [2.05, 4.69) is 5.32 Å². The second-order valence-electron chi connectivity index (χ2n) is 4.53. The van der Waals surface area contributed by atoms with Crippen molar-refractivity contribution in [2.45, 2.75) is 19.4 Å². The molecule has 1 aromatic carbocycles. The molecule has 0 aliphatic rings. The van der Waals surface area contributed by atoms with Crippen molar-refractivity contribution < 1.29 is 24.2 Å². The molecule has 1 aromatic heterocycles. The van der Waals surface area contributed by atoms with Gasteiger partial charge in [0.25, 0.3) is 5.91 Å². The molecule has 0 radical (unpaired) electrons. The Kier molecular flexibility index (Phi) is 4.05. The zero-order valence-electron chi connectivity index (χ0n) is 10.9. The maximum Gasteiger partial charge on any atom is 0.326 e. The lowest BCUT2D eigenvalue weighted by Crippen LogP contribution is -2.41. The number of amides is 1. The first-order chi connectivity index (χ1) is 9.51. The zero-order valence-corrected chi connectivity index (χ0v) is 10.9. The fraction of sp³-hybridized carbons (Fsp3) is 0.286. The van der Waals surface area contributed by atoms with Gasteiger partial charge >= 0.3 is 5.97 Å². The molecule has 0 aliphatic heterocycles. The highest BCUT2D eigenvalue weighted by molar-refractivity contribution is 5.98. The zero-order chi connectivity index (χ0) is 14.7. The number of carbonyl (C=O) groups is 2. The summed E-state index contributed by atoms with van der Waals surface area (Å²) in [6, 6.07) is 5.92. The van der Waals surface area contributed by atoms with E-state index in [1.807, 2.05) is 19.1 Å². The number of furan rings is 1. The first-order valence-corrected chi connectivity index (χ1v) is 6.16. The largest absolute Gasteiger partial charge is 0.480 e. The van der Waals surface area contributed by atoms with E-state index in [4.69, 9.17) is 14.6 Å². The normalized spacial score (nSPS) is 12.3. The molecule has 0 bridgehead atoms. The Morgan fingerprint density at radius 2 is 2.10 bits per heavy atom. The first kappa shape index (κ1) is 14.1. The van der Waals surface area contributed by atoms with Gasteiger partial charge in [-0.2, -0.15) is 0 Å². The summed E-state index contributed by atoms with van der Waals surface area (Å²) >= 11 is 0. The van der Waals surface area contributed by atoms with Gasteiger partial charge in [-0.3, -0.25) is 4.79 Å². The fourth-order valence-corrected chi connectivity index (χ4v) is 1.89. The van der Waals surface area contributed by atoms with E-state index in [9.17, 15) is 9.59 Å².